The molecule has 0 amide bonds. The Bertz CT molecular complexity index is 617. The molecule has 0 aromatic carbocycles. The Kier molecular flexibility index (Phi) is 4.22. The number of hydrogen-bond donors (Lipinski definition) is 1. The molecule has 8 heteroatoms. The molecule has 1 atom stereocenters. The van der Waals surface area contributed by atoms with E-state index in [-0.39, 0.29) is 5.92 Å². The Hall–Kier alpha value is -0.990. The summed E-state index contributed by atoms with van der Waals surface area (Å²) in [7, 11) is -3.15. The number of nitrogens with zero attached hydrogens (tertiary/aromatic N) is 3. The third kappa shape index (κ3) is 3.13. The summed E-state index contributed by atoms with van der Waals surface area (Å²) in [6.45, 7) is 5.34. The van der Waals surface area contributed by atoms with Crippen LogP contribution >= 0.6 is 12.2 Å². The first-order valence-corrected chi connectivity index (χ1v) is 8.40. The molecular weight excluding hydrogens is 284 g/mol. The van der Waals surface area contributed by atoms with Crippen molar-refractivity contribution in [2.75, 3.05) is 19.3 Å². The van der Waals surface area contributed by atoms with Gasteiger partial charge in [-0.25, -0.2) is 12.7 Å². The molecule has 0 radical (unpaired) electrons. The van der Waals surface area contributed by atoms with Crippen LogP contribution < -0.4 is 0 Å². The van der Waals surface area contributed by atoms with Crippen molar-refractivity contribution in [1.82, 2.24) is 19.1 Å². The lowest BCUT2D eigenvalue weighted by Crippen LogP contribution is -2.39. The average molecular weight is 302 g/mol. The molecular formula is C11H18N4O2S2. The normalized spacial score (nSPS) is 21.4. The highest BCUT2D eigenvalue weighted by molar-refractivity contribution is 7.88. The van der Waals surface area contributed by atoms with E-state index in [1.54, 1.807) is 6.08 Å². The smallest absolute Gasteiger partial charge is 0.211 e. The van der Waals surface area contributed by atoms with Crippen molar-refractivity contribution in [2.45, 2.75) is 25.3 Å². The topological polar surface area (TPSA) is 71.0 Å². The van der Waals surface area contributed by atoms with E-state index in [0.29, 0.717) is 24.4 Å². The van der Waals surface area contributed by atoms with Gasteiger partial charge in [0.1, 0.15) is 5.82 Å². The van der Waals surface area contributed by atoms with Gasteiger partial charge in [0.05, 0.1) is 6.26 Å². The molecule has 0 unspecified atom stereocenters. The standard InChI is InChI=1S/C11H18N4O2S2/c1-3-6-15-10(12-13-11(15)18)9-5-4-7-14(8-9)19(2,16)17/h3,9H,1,4-8H2,2H3,(H,13,18)/t9-/m1/s1. The lowest BCUT2D eigenvalue weighted by Gasteiger charge is -2.30. The highest BCUT2D eigenvalue weighted by Crippen LogP contribution is 2.26. The predicted molar refractivity (Wildman–Crippen MR) is 76.0 cm³/mol. The lowest BCUT2D eigenvalue weighted by atomic mass is 9.99. The molecule has 0 bridgehead atoms. The number of aromatic nitrogens is 3. The van der Waals surface area contributed by atoms with Crippen molar-refractivity contribution in [3.8, 4) is 0 Å². The number of sulfonamides is 1. The first kappa shape index (κ1) is 14.4. The molecule has 6 nitrogen and oxygen atoms in total. The van der Waals surface area contributed by atoms with Crippen LogP contribution in [0.5, 0.6) is 0 Å². The van der Waals surface area contributed by atoms with Gasteiger partial charge in [0, 0.05) is 25.6 Å². The number of aromatic amines is 1. The fourth-order valence-electron chi connectivity index (χ4n) is 2.40. The fourth-order valence-corrected chi connectivity index (χ4v) is 3.53. The van der Waals surface area contributed by atoms with Gasteiger partial charge in [-0.2, -0.15) is 5.10 Å². The Morgan fingerprint density at radius 2 is 2.37 bits per heavy atom. The SMILES string of the molecule is C=CCn1c([C@@H]2CCCN(S(C)(=O)=O)C2)n[nH]c1=S. The number of allylic oxidation sites excluding steroid dienone is 1. The summed E-state index contributed by atoms with van der Waals surface area (Å²) >= 11 is 5.18. The molecule has 0 saturated carbocycles. The lowest BCUT2D eigenvalue weighted by molar-refractivity contribution is 0.307. The van der Waals surface area contributed by atoms with E-state index in [1.165, 1.54) is 10.6 Å². The summed E-state index contributed by atoms with van der Waals surface area (Å²) in [5.74, 6) is 0.898. The van der Waals surface area contributed by atoms with Crippen LogP contribution in [0.1, 0.15) is 24.6 Å². The van der Waals surface area contributed by atoms with Gasteiger partial charge < -0.3 is 4.57 Å². The van der Waals surface area contributed by atoms with Crippen molar-refractivity contribution in [2.24, 2.45) is 0 Å². The molecule has 1 aromatic heterocycles. The van der Waals surface area contributed by atoms with Gasteiger partial charge in [-0.1, -0.05) is 6.08 Å². The first-order chi connectivity index (χ1) is 8.93. The minimum absolute atomic E-state index is 0.0800. The quantitative estimate of drug-likeness (QED) is 0.671. The van der Waals surface area contributed by atoms with Crippen molar-refractivity contribution < 1.29 is 8.42 Å². The summed E-state index contributed by atoms with van der Waals surface area (Å²) < 4.78 is 27.2. The zero-order valence-electron chi connectivity index (χ0n) is 10.9. The summed E-state index contributed by atoms with van der Waals surface area (Å²) in [6, 6.07) is 0. The molecule has 2 rings (SSSR count). The summed E-state index contributed by atoms with van der Waals surface area (Å²) in [5, 5.41) is 7.02. The van der Waals surface area contributed by atoms with Gasteiger partial charge in [-0.05, 0) is 25.1 Å². The van der Waals surface area contributed by atoms with Gasteiger partial charge >= 0.3 is 0 Å². The van der Waals surface area contributed by atoms with Crippen molar-refractivity contribution in [3.05, 3.63) is 23.3 Å². The van der Waals surface area contributed by atoms with E-state index >= 15 is 0 Å². The zero-order valence-corrected chi connectivity index (χ0v) is 12.5. The van der Waals surface area contributed by atoms with Gasteiger partial charge in [0.2, 0.25) is 10.0 Å². The number of nitrogens with one attached hydrogen (secondary N) is 1. The van der Waals surface area contributed by atoms with Crippen LogP contribution in [0.4, 0.5) is 0 Å². The zero-order chi connectivity index (χ0) is 14.0. The molecule has 1 aliphatic rings. The summed E-state index contributed by atoms with van der Waals surface area (Å²) in [6.07, 6.45) is 4.76. The van der Waals surface area contributed by atoms with Crippen LogP contribution in [-0.2, 0) is 16.6 Å². The molecule has 1 aromatic rings. The van der Waals surface area contributed by atoms with E-state index in [9.17, 15) is 8.42 Å². The van der Waals surface area contributed by atoms with Crippen molar-refractivity contribution in [1.29, 1.82) is 0 Å². The van der Waals surface area contributed by atoms with Gasteiger partial charge in [-0.3, -0.25) is 5.10 Å². The Labute approximate surface area is 118 Å². The van der Waals surface area contributed by atoms with E-state index in [2.05, 4.69) is 16.8 Å². The molecule has 0 aliphatic carbocycles. The predicted octanol–water partition coefficient (Wildman–Crippen LogP) is 1.27. The molecule has 106 valence electrons. The van der Waals surface area contributed by atoms with Crippen LogP contribution in [0.3, 0.4) is 0 Å². The highest BCUT2D eigenvalue weighted by atomic mass is 32.2. The molecule has 1 saturated heterocycles. The number of H-pyrrole nitrogens is 1. The highest BCUT2D eigenvalue weighted by Gasteiger charge is 2.29. The maximum atomic E-state index is 11.6. The van der Waals surface area contributed by atoms with E-state index in [1.807, 2.05) is 4.57 Å². The minimum atomic E-state index is -3.15. The Balaban J connectivity index is 2.27. The Morgan fingerprint density at radius 1 is 1.63 bits per heavy atom. The number of hydrogen-bond acceptors (Lipinski definition) is 4. The van der Waals surface area contributed by atoms with Crippen LogP contribution in [0.2, 0.25) is 0 Å². The third-order valence-electron chi connectivity index (χ3n) is 3.32. The average Bonchev–Trinajstić information content (AvgIpc) is 2.71. The molecule has 1 fully saturated rings. The molecule has 0 spiro atoms. The summed E-state index contributed by atoms with van der Waals surface area (Å²) in [4.78, 5) is 0. The van der Waals surface area contributed by atoms with Crippen LogP contribution in [-0.4, -0.2) is 46.8 Å². The second kappa shape index (κ2) is 5.56. The second-order valence-corrected chi connectivity index (χ2v) is 7.12. The van der Waals surface area contributed by atoms with Crippen LogP contribution in [0.15, 0.2) is 12.7 Å². The Morgan fingerprint density at radius 3 is 3.00 bits per heavy atom. The molecule has 19 heavy (non-hydrogen) atoms. The first-order valence-electron chi connectivity index (χ1n) is 6.14. The van der Waals surface area contributed by atoms with Gasteiger partial charge in [0.15, 0.2) is 4.77 Å². The summed E-state index contributed by atoms with van der Waals surface area (Å²) in [5.41, 5.74) is 0. The van der Waals surface area contributed by atoms with Gasteiger partial charge in [0.25, 0.3) is 0 Å². The monoisotopic (exact) mass is 302 g/mol. The molecule has 1 aliphatic heterocycles. The second-order valence-electron chi connectivity index (χ2n) is 4.75. The van der Waals surface area contributed by atoms with E-state index < -0.39 is 10.0 Å². The maximum Gasteiger partial charge on any atom is 0.211 e. The molecule has 1 N–H and O–H groups in total. The fraction of sp³-hybridized carbons (Fsp3) is 0.636. The molecule has 2 heterocycles. The van der Waals surface area contributed by atoms with E-state index in [0.717, 1.165) is 18.7 Å². The van der Waals surface area contributed by atoms with Crippen LogP contribution in [0, 0.1) is 4.77 Å². The van der Waals surface area contributed by atoms with Crippen molar-refractivity contribution >= 4 is 22.2 Å². The minimum Gasteiger partial charge on any atom is -0.300 e. The third-order valence-corrected chi connectivity index (χ3v) is 4.90. The van der Waals surface area contributed by atoms with Crippen molar-refractivity contribution in [3.63, 3.8) is 0 Å². The van der Waals surface area contributed by atoms with Crippen LogP contribution in [0.25, 0.3) is 0 Å². The van der Waals surface area contributed by atoms with Gasteiger partial charge in [-0.15, -0.1) is 6.58 Å². The largest absolute Gasteiger partial charge is 0.300 e. The maximum absolute atomic E-state index is 11.6. The number of rotatable bonds is 4. The van der Waals surface area contributed by atoms with E-state index in [4.69, 9.17) is 12.2 Å². The number of piperidine rings is 1.